The van der Waals surface area contributed by atoms with Crippen molar-refractivity contribution in [2.45, 2.75) is 38.1 Å². The molecule has 1 fully saturated rings. The molecule has 2 aromatic heterocycles. The van der Waals surface area contributed by atoms with E-state index in [1.165, 1.54) is 5.69 Å². The van der Waals surface area contributed by atoms with E-state index in [1.54, 1.807) is 18.7 Å². The van der Waals surface area contributed by atoms with Crippen molar-refractivity contribution in [1.29, 1.82) is 0 Å². The summed E-state index contributed by atoms with van der Waals surface area (Å²) in [6, 6.07) is 7.93. The SMILES string of the molecule is O=C1C(Cc2c(Cl)cc(-c3cccnc3)cc2Cl)CCN1C1CCc2nc[nH]c2C1. The van der Waals surface area contributed by atoms with Gasteiger partial charge in [-0.25, -0.2) is 4.98 Å². The Morgan fingerprint density at radius 3 is 2.77 bits per heavy atom. The fourth-order valence-electron chi connectivity index (χ4n) is 4.71. The molecule has 5 nitrogen and oxygen atoms in total. The highest BCUT2D eigenvalue weighted by Crippen LogP contribution is 2.36. The number of pyridine rings is 1. The first-order chi connectivity index (χ1) is 14.6. The average molecular weight is 441 g/mol. The fraction of sp³-hybridized carbons (Fsp3) is 0.348. The third-order valence-corrected chi connectivity index (χ3v) is 7.01. The first-order valence-corrected chi connectivity index (χ1v) is 11.1. The van der Waals surface area contributed by atoms with Gasteiger partial charge in [0, 0.05) is 58.6 Å². The van der Waals surface area contributed by atoms with Gasteiger partial charge in [-0.15, -0.1) is 0 Å². The van der Waals surface area contributed by atoms with Crippen molar-refractivity contribution in [3.63, 3.8) is 0 Å². The van der Waals surface area contributed by atoms with Crippen LogP contribution in [0, 0.1) is 5.92 Å². The predicted octanol–water partition coefficient (Wildman–Crippen LogP) is 4.73. The lowest BCUT2D eigenvalue weighted by molar-refractivity contribution is -0.133. The Balaban J connectivity index is 1.31. The molecule has 3 aromatic rings. The van der Waals surface area contributed by atoms with Crippen LogP contribution in [0.5, 0.6) is 0 Å². The van der Waals surface area contributed by atoms with E-state index < -0.39 is 0 Å². The number of imidazole rings is 1. The molecule has 154 valence electrons. The topological polar surface area (TPSA) is 61.9 Å². The number of carbonyl (C=O) groups is 1. The van der Waals surface area contributed by atoms with E-state index in [1.807, 2.05) is 24.3 Å². The fourth-order valence-corrected chi connectivity index (χ4v) is 5.35. The van der Waals surface area contributed by atoms with E-state index in [9.17, 15) is 4.79 Å². The molecule has 2 unspecified atom stereocenters. The lowest BCUT2D eigenvalue weighted by Gasteiger charge is -2.31. The van der Waals surface area contributed by atoms with Crippen LogP contribution >= 0.6 is 23.2 Å². The second-order valence-corrected chi connectivity index (χ2v) is 8.92. The first-order valence-electron chi connectivity index (χ1n) is 10.3. The van der Waals surface area contributed by atoms with Gasteiger partial charge in [-0.2, -0.15) is 0 Å². The molecule has 0 radical (unpaired) electrons. The Morgan fingerprint density at radius 2 is 2.00 bits per heavy atom. The number of rotatable bonds is 4. The number of halogens is 2. The largest absolute Gasteiger partial charge is 0.348 e. The summed E-state index contributed by atoms with van der Waals surface area (Å²) in [7, 11) is 0. The van der Waals surface area contributed by atoms with Crippen molar-refractivity contribution in [3.8, 4) is 11.1 Å². The number of likely N-dealkylation sites (tertiary alicyclic amines) is 1. The molecule has 0 bridgehead atoms. The average Bonchev–Trinajstić information content (AvgIpc) is 3.37. The van der Waals surface area contributed by atoms with E-state index >= 15 is 0 Å². The van der Waals surface area contributed by atoms with Gasteiger partial charge in [0.2, 0.25) is 5.91 Å². The van der Waals surface area contributed by atoms with Gasteiger partial charge in [-0.05, 0) is 55.0 Å². The second kappa shape index (κ2) is 8.05. The minimum Gasteiger partial charge on any atom is -0.348 e. The molecular weight excluding hydrogens is 419 g/mol. The summed E-state index contributed by atoms with van der Waals surface area (Å²) < 4.78 is 0. The maximum atomic E-state index is 13.2. The Labute approximate surface area is 185 Å². The van der Waals surface area contributed by atoms with Crippen molar-refractivity contribution in [2.24, 2.45) is 5.92 Å². The standard InChI is InChI=1S/C23H22Cl2N4O/c24-19-9-16(15-2-1-6-26-12-15)10-20(25)18(19)8-14-5-7-29(23(14)30)17-3-4-21-22(11-17)28-13-27-21/h1-2,6,9-10,12-14,17H,3-5,7-8,11H2,(H,27,28). The van der Waals surface area contributed by atoms with Crippen LogP contribution in [0.15, 0.2) is 43.0 Å². The molecule has 1 aromatic carbocycles. The van der Waals surface area contributed by atoms with Crippen molar-refractivity contribution in [1.82, 2.24) is 19.9 Å². The molecular formula is C23H22Cl2N4O. The van der Waals surface area contributed by atoms with Gasteiger partial charge in [0.1, 0.15) is 0 Å². The van der Waals surface area contributed by atoms with Crippen molar-refractivity contribution < 1.29 is 4.79 Å². The molecule has 5 rings (SSSR count). The number of H-pyrrole nitrogens is 1. The van der Waals surface area contributed by atoms with Gasteiger partial charge in [0.25, 0.3) is 0 Å². The number of fused-ring (bicyclic) bond motifs is 1. The number of hydrogen-bond acceptors (Lipinski definition) is 3. The summed E-state index contributed by atoms with van der Waals surface area (Å²) in [4.78, 5) is 27.0. The Kier molecular flexibility index (Phi) is 5.25. The normalized spacial score (nSPS) is 21.1. The van der Waals surface area contributed by atoms with Gasteiger partial charge >= 0.3 is 0 Å². The number of benzene rings is 1. The summed E-state index contributed by atoms with van der Waals surface area (Å²) >= 11 is 13.2. The smallest absolute Gasteiger partial charge is 0.226 e. The molecule has 1 aliphatic heterocycles. The number of aromatic nitrogens is 3. The van der Waals surface area contributed by atoms with Gasteiger partial charge < -0.3 is 9.88 Å². The predicted molar refractivity (Wildman–Crippen MR) is 118 cm³/mol. The highest BCUT2D eigenvalue weighted by atomic mass is 35.5. The van der Waals surface area contributed by atoms with Crippen LogP contribution in [0.2, 0.25) is 10.0 Å². The van der Waals surface area contributed by atoms with Crippen molar-refractivity contribution in [2.75, 3.05) is 6.54 Å². The number of hydrogen-bond donors (Lipinski definition) is 1. The van der Waals surface area contributed by atoms with Crippen LogP contribution in [-0.4, -0.2) is 38.3 Å². The molecule has 0 spiro atoms. The van der Waals surface area contributed by atoms with Crippen LogP contribution in [-0.2, 0) is 24.1 Å². The summed E-state index contributed by atoms with van der Waals surface area (Å²) in [5, 5.41) is 1.21. The van der Waals surface area contributed by atoms with E-state index in [4.69, 9.17) is 23.2 Å². The number of nitrogens with zero attached hydrogens (tertiary/aromatic N) is 3. The van der Waals surface area contributed by atoms with Crippen LogP contribution in [0.25, 0.3) is 11.1 Å². The maximum absolute atomic E-state index is 13.2. The van der Waals surface area contributed by atoms with E-state index in [-0.39, 0.29) is 17.9 Å². The molecule has 3 heterocycles. The maximum Gasteiger partial charge on any atom is 0.226 e. The van der Waals surface area contributed by atoms with Crippen LogP contribution in [0.1, 0.15) is 29.8 Å². The zero-order chi connectivity index (χ0) is 20.7. The molecule has 1 amide bonds. The lowest BCUT2D eigenvalue weighted by Crippen LogP contribution is -2.41. The molecule has 2 atom stereocenters. The Bertz CT molecular complexity index is 1060. The molecule has 1 saturated heterocycles. The van der Waals surface area contributed by atoms with Gasteiger partial charge in [-0.3, -0.25) is 9.78 Å². The number of aromatic amines is 1. The summed E-state index contributed by atoms with van der Waals surface area (Å²) in [5.74, 6) is 0.138. The number of carbonyl (C=O) groups excluding carboxylic acids is 1. The second-order valence-electron chi connectivity index (χ2n) is 8.11. The number of nitrogens with one attached hydrogen (secondary N) is 1. The Hall–Kier alpha value is -2.37. The van der Waals surface area contributed by atoms with Gasteiger partial charge in [0.05, 0.1) is 12.0 Å². The molecule has 0 saturated carbocycles. The first kappa shape index (κ1) is 19.6. The highest BCUT2D eigenvalue weighted by molar-refractivity contribution is 6.36. The van der Waals surface area contributed by atoms with Gasteiger partial charge in [-0.1, -0.05) is 29.3 Å². The summed E-state index contributed by atoms with van der Waals surface area (Å²) in [6.07, 6.45) is 9.43. The summed E-state index contributed by atoms with van der Waals surface area (Å²) in [6.45, 7) is 0.792. The van der Waals surface area contributed by atoms with Crippen LogP contribution in [0.3, 0.4) is 0 Å². The molecule has 2 aliphatic rings. The van der Waals surface area contributed by atoms with Crippen molar-refractivity contribution >= 4 is 29.1 Å². The molecule has 30 heavy (non-hydrogen) atoms. The number of amides is 1. The van der Waals surface area contributed by atoms with Gasteiger partial charge in [0.15, 0.2) is 0 Å². The molecule has 1 aliphatic carbocycles. The lowest BCUT2D eigenvalue weighted by atomic mass is 9.94. The zero-order valence-electron chi connectivity index (χ0n) is 16.4. The Morgan fingerprint density at radius 1 is 1.17 bits per heavy atom. The van der Waals surface area contributed by atoms with Crippen molar-refractivity contribution in [3.05, 3.63) is 70.0 Å². The van der Waals surface area contributed by atoms with Crippen LogP contribution < -0.4 is 0 Å². The minimum absolute atomic E-state index is 0.0765. The van der Waals surface area contributed by atoms with E-state index in [0.717, 1.165) is 54.6 Å². The third kappa shape index (κ3) is 3.61. The molecule has 1 N–H and O–H groups in total. The zero-order valence-corrected chi connectivity index (χ0v) is 18.0. The van der Waals surface area contributed by atoms with Crippen LogP contribution in [0.4, 0.5) is 0 Å². The monoisotopic (exact) mass is 440 g/mol. The summed E-state index contributed by atoms with van der Waals surface area (Å²) in [5.41, 5.74) is 5.05. The quantitative estimate of drug-likeness (QED) is 0.637. The third-order valence-electron chi connectivity index (χ3n) is 6.34. The van der Waals surface area contributed by atoms with E-state index in [0.29, 0.717) is 16.5 Å². The number of aryl methyl sites for hydroxylation is 1. The van der Waals surface area contributed by atoms with E-state index in [2.05, 4.69) is 19.9 Å². The minimum atomic E-state index is -0.0765. The molecule has 7 heteroatoms. The highest BCUT2D eigenvalue weighted by Gasteiger charge is 2.38.